The fourth-order valence-electron chi connectivity index (χ4n) is 2.76. The summed E-state index contributed by atoms with van der Waals surface area (Å²) in [5, 5.41) is 10.5. The zero-order chi connectivity index (χ0) is 15.1. The molecule has 1 aromatic carbocycles. The first-order valence-corrected chi connectivity index (χ1v) is 7.21. The van der Waals surface area contributed by atoms with Gasteiger partial charge in [-0.15, -0.1) is 0 Å². The summed E-state index contributed by atoms with van der Waals surface area (Å²) in [4.78, 5) is 12.8. The van der Waals surface area contributed by atoms with Crippen LogP contribution >= 0.6 is 0 Å². The zero-order valence-electron chi connectivity index (χ0n) is 12.9. The maximum atomic E-state index is 12.8. The van der Waals surface area contributed by atoms with Crippen LogP contribution in [0.5, 0.6) is 5.75 Å². The van der Waals surface area contributed by atoms with Crippen LogP contribution in [-0.2, 0) is 0 Å². The zero-order valence-corrected chi connectivity index (χ0v) is 12.9. The molecule has 1 N–H and O–H groups in total. The highest BCUT2D eigenvalue weighted by atomic mass is 16.5. The van der Waals surface area contributed by atoms with E-state index in [9.17, 15) is 9.90 Å². The minimum absolute atomic E-state index is 0.00650. The van der Waals surface area contributed by atoms with Gasteiger partial charge in [0, 0.05) is 0 Å². The van der Waals surface area contributed by atoms with E-state index in [1.165, 1.54) is 0 Å². The standard InChI is InChI=1S/C17H24O3/c1-10(2)14(18)13-15(19)11-8-6-7-9-12(11)20-16(13)17(3,4)5/h6-10,13-14,16,18H,1-5H3/t13-,14+,16-/m1/s1. The molecule has 0 amide bonds. The van der Waals surface area contributed by atoms with E-state index in [0.717, 1.165) is 0 Å². The van der Waals surface area contributed by atoms with Crippen molar-refractivity contribution in [1.82, 2.24) is 0 Å². The SMILES string of the molecule is CC(C)[C@H](O)[C@@H]1C(=O)c2ccccc2O[C@H]1C(C)(C)C. The summed E-state index contributed by atoms with van der Waals surface area (Å²) in [5.41, 5.74) is 0.363. The number of ether oxygens (including phenoxy) is 1. The first-order chi connectivity index (χ1) is 9.23. The van der Waals surface area contributed by atoms with Crippen LogP contribution in [0.1, 0.15) is 45.0 Å². The first kappa shape index (κ1) is 15.0. The van der Waals surface area contributed by atoms with E-state index >= 15 is 0 Å². The topological polar surface area (TPSA) is 46.5 Å². The summed E-state index contributed by atoms with van der Waals surface area (Å²) < 4.78 is 6.07. The Labute approximate surface area is 121 Å². The average molecular weight is 276 g/mol. The molecule has 20 heavy (non-hydrogen) atoms. The van der Waals surface area contributed by atoms with E-state index in [2.05, 4.69) is 0 Å². The normalized spacial score (nSPS) is 24.2. The monoisotopic (exact) mass is 276 g/mol. The molecular weight excluding hydrogens is 252 g/mol. The van der Waals surface area contributed by atoms with Crippen LogP contribution in [0.3, 0.4) is 0 Å². The number of aliphatic hydroxyl groups is 1. The van der Waals surface area contributed by atoms with Gasteiger partial charge in [0.15, 0.2) is 5.78 Å². The number of rotatable bonds is 2. The Bertz CT molecular complexity index is 499. The molecular formula is C17H24O3. The largest absolute Gasteiger partial charge is 0.488 e. The second-order valence-corrected chi connectivity index (χ2v) is 7.03. The van der Waals surface area contributed by atoms with Crippen LogP contribution in [0.4, 0.5) is 0 Å². The van der Waals surface area contributed by atoms with Crippen molar-refractivity contribution in [1.29, 1.82) is 0 Å². The molecule has 0 aromatic heterocycles. The average Bonchev–Trinajstić information content (AvgIpc) is 2.36. The molecule has 0 spiro atoms. The summed E-state index contributed by atoms with van der Waals surface area (Å²) in [7, 11) is 0. The molecule has 0 unspecified atom stereocenters. The predicted molar refractivity (Wildman–Crippen MR) is 79.0 cm³/mol. The van der Waals surface area contributed by atoms with Crippen LogP contribution in [0.2, 0.25) is 0 Å². The lowest BCUT2D eigenvalue weighted by atomic mass is 9.72. The molecule has 0 fully saturated rings. The number of carbonyl (C=O) groups is 1. The molecule has 0 aliphatic carbocycles. The van der Waals surface area contributed by atoms with Gasteiger partial charge in [-0.25, -0.2) is 0 Å². The lowest BCUT2D eigenvalue weighted by Gasteiger charge is -2.42. The summed E-state index contributed by atoms with van der Waals surface area (Å²) in [6.45, 7) is 9.98. The van der Waals surface area contributed by atoms with E-state index in [1.807, 2.05) is 52.8 Å². The van der Waals surface area contributed by atoms with Gasteiger partial charge in [-0.1, -0.05) is 46.8 Å². The van der Waals surface area contributed by atoms with Gasteiger partial charge in [0.1, 0.15) is 11.9 Å². The van der Waals surface area contributed by atoms with Crippen molar-refractivity contribution in [2.24, 2.45) is 17.3 Å². The Morgan fingerprint density at radius 1 is 1.20 bits per heavy atom. The number of carbonyl (C=O) groups excluding carboxylic acids is 1. The van der Waals surface area contributed by atoms with Gasteiger partial charge in [0.2, 0.25) is 0 Å². The summed E-state index contributed by atoms with van der Waals surface area (Å²) >= 11 is 0. The highest BCUT2D eigenvalue weighted by Crippen LogP contribution is 2.40. The maximum Gasteiger partial charge on any atom is 0.176 e. The molecule has 0 radical (unpaired) electrons. The van der Waals surface area contributed by atoms with Crippen molar-refractivity contribution in [2.75, 3.05) is 0 Å². The predicted octanol–water partition coefficient (Wildman–Crippen LogP) is 3.31. The highest BCUT2D eigenvalue weighted by molar-refractivity contribution is 6.02. The van der Waals surface area contributed by atoms with Crippen molar-refractivity contribution in [2.45, 2.75) is 46.8 Å². The third kappa shape index (κ3) is 2.59. The van der Waals surface area contributed by atoms with Gasteiger partial charge in [-0.05, 0) is 23.5 Å². The second kappa shape index (κ2) is 5.21. The summed E-state index contributed by atoms with van der Waals surface area (Å²) in [5.74, 6) is 0.130. The molecule has 1 aliphatic heterocycles. The number of para-hydroxylation sites is 1. The van der Waals surface area contributed by atoms with Gasteiger partial charge < -0.3 is 9.84 Å². The fourth-order valence-corrected chi connectivity index (χ4v) is 2.76. The molecule has 1 heterocycles. The number of ketones is 1. The van der Waals surface area contributed by atoms with Gasteiger partial charge in [0.25, 0.3) is 0 Å². The van der Waals surface area contributed by atoms with Crippen molar-refractivity contribution in [3.05, 3.63) is 29.8 Å². The van der Waals surface area contributed by atoms with Crippen LogP contribution in [0, 0.1) is 17.3 Å². The van der Waals surface area contributed by atoms with Gasteiger partial charge >= 0.3 is 0 Å². The number of benzene rings is 1. The number of aliphatic hydroxyl groups excluding tert-OH is 1. The molecule has 2 rings (SSSR count). The summed E-state index contributed by atoms with van der Waals surface area (Å²) in [6, 6.07) is 7.29. The Balaban J connectivity index is 2.49. The van der Waals surface area contributed by atoms with Crippen molar-refractivity contribution in [3.8, 4) is 5.75 Å². The smallest absolute Gasteiger partial charge is 0.176 e. The quantitative estimate of drug-likeness (QED) is 0.901. The van der Waals surface area contributed by atoms with E-state index in [1.54, 1.807) is 6.07 Å². The van der Waals surface area contributed by atoms with Gasteiger partial charge in [-0.3, -0.25) is 4.79 Å². The Morgan fingerprint density at radius 2 is 1.80 bits per heavy atom. The molecule has 0 saturated heterocycles. The highest BCUT2D eigenvalue weighted by Gasteiger charge is 2.47. The summed E-state index contributed by atoms with van der Waals surface area (Å²) in [6.07, 6.45) is -1.01. The van der Waals surface area contributed by atoms with Crippen LogP contribution in [0.15, 0.2) is 24.3 Å². The molecule has 3 nitrogen and oxygen atoms in total. The van der Waals surface area contributed by atoms with E-state index < -0.39 is 12.0 Å². The molecule has 110 valence electrons. The van der Waals surface area contributed by atoms with E-state index in [-0.39, 0.29) is 23.2 Å². The number of Topliss-reactive ketones (excluding diaryl/α,β-unsaturated/α-hetero) is 1. The Morgan fingerprint density at radius 3 is 2.35 bits per heavy atom. The minimum atomic E-state index is -0.694. The lowest BCUT2D eigenvalue weighted by Crippen LogP contribution is -2.52. The molecule has 3 heteroatoms. The van der Waals surface area contributed by atoms with Gasteiger partial charge in [0.05, 0.1) is 17.6 Å². The third-order valence-electron chi connectivity index (χ3n) is 3.94. The lowest BCUT2D eigenvalue weighted by molar-refractivity contribution is -0.0388. The second-order valence-electron chi connectivity index (χ2n) is 7.03. The third-order valence-corrected chi connectivity index (χ3v) is 3.94. The maximum absolute atomic E-state index is 12.8. The van der Waals surface area contributed by atoms with E-state index in [0.29, 0.717) is 11.3 Å². The van der Waals surface area contributed by atoms with Crippen LogP contribution in [-0.4, -0.2) is 23.1 Å². The number of fused-ring (bicyclic) bond motifs is 1. The van der Waals surface area contributed by atoms with Crippen LogP contribution in [0.25, 0.3) is 0 Å². The van der Waals surface area contributed by atoms with Crippen LogP contribution < -0.4 is 4.74 Å². The first-order valence-electron chi connectivity index (χ1n) is 7.21. The Kier molecular flexibility index (Phi) is 3.92. The molecule has 1 aromatic rings. The van der Waals surface area contributed by atoms with Crippen molar-refractivity contribution >= 4 is 5.78 Å². The van der Waals surface area contributed by atoms with Gasteiger partial charge in [-0.2, -0.15) is 0 Å². The fraction of sp³-hybridized carbons (Fsp3) is 0.588. The number of hydrogen-bond acceptors (Lipinski definition) is 3. The molecule has 0 bridgehead atoms. The molecule has 3 atom stereocenters. The van der Waals surface area contributed by atoms with Crippen molar-refractivity contribution < 1.29 is 14.6 Å². The van der Waals surface area contributed by atoms with E-state index in [4.69, 9.17) is 4.74 Å². The minimum Gasteiger partial charge on any atom is -0.488 e. The number of hydrogen-bond donors (Lipinski definition) is 1. The molecule has 1 aliphatic rings. The molecule has 0 saturated carbocycles. The van der Waals surface area contributed by atoms with Crippen molar-refractivity contribution in [3.63, 3.8) is 0 Å². The Hall–Kier alpha value is -1.35.